The Morgan fingerprint density at radius 2 is 1.63 bits per heavy atom. The molecule has 0 atom stereocenters. The molecule has 27 heavy (non-hydrogen) atoms. The van der Waals surface area contributed by atoms with Crippen molar-refractivity contribution < 1.29 is 13.2 Å². The Morgan fingerprint density at radius 1 is 1.04 bits per heavy atom. The van der Waals surface area contributed by atoms with Crippen molar-refractivity contribution in [2.24, 2.45) is 0 Å². The van der Waals surface area contributed by atoms with Gasteiger partial charge in [-0.1, -0.05) is 64.1 Å². The minimum atomic E-state index is -3.63. The lowest BCUT2D eigenvalue weighted by atomic mass is 9.86. The summed E-state index contributed by atoms with van der Waals surface area (Å²) in [6.07, 6.45) is 1.90. The first-order valence-corrected chi connectivity index (χ1v) is 10.8. The van der Waals surface area contributed by atoms with E-state index >= 15 is 0 Å². The Bertz CT molecular complexity index is 915. The molecular weight excluding hydrogens is 360 g/mol. The highest BCUT2D eigenvalue weighted by Crippen LogP contribution is 2.33. The SMILES string of the molecule is CCc1ccccc1NC(=O)CN(c1ccccc1C(C)(C)C)S(C)(=O)=O. The number of anilines is 2. The maximum absolute atomic E-state index is 12.7. The molecule has 0 aliphatic carbocycles. The van der Waals surface area contributed by atoms with Gasteiger partial charge in [0.25, 0.3) is 0 Å². The van der Waals surface area contributed by atoms with Crippen molar-refractivity contribution in [1.29, 1.82) is 0 Å². The molecule has 0 spiro atoms. The van der Waals surface area contributed by atoms with Crippen molar-refractivity contribution in [2.75, 3.05) is 22.4 Å². The molecule has 0 unspecified atom stereocenters. The maximum Gasteiger partial charge on any atom is 0.245 e. The molecule has 1 amide bonds. The summed E-state index contributed by atoms with van der Waals surface area (Å²) in [7, 11) is -3.63. The zero-order valence-electron chi connectivity index (χ0n) is 16.6. The molecule has 0 aliphatic heterocycles. The summed E-state index contributed by atoms with van der Waals surface area (Å²) in [5.74, 6) is -0.370. The highest BCUT2D eigenvalue weighted by molar-refractivity contribution is 7.92. The topological polar surface area (TPSA) is 66.5 Å². The number of carbonyl (C=O) groups excluding carboxylic acids is 1. The van der Waals surface area contributed by atoms with E-state index in [-0.39, 0.29) is 17.9 Å². The van der Waals surface area contributed by atoms with Crippen LogP contribution in [-0.2, 0) is 26.7 Å². The van der Waals surface area contributed by atoms with Gasteiger partial charge in [0.05, 0.1) is 11.9 Å². The zero-order chi connectivity index (χ0) is 20.2. The van der Waals surface area contributed by atoms with Gasteiger partial charge in [-0.15, -0.1) is 0 Å². The van der Waals surface area contributed by atoms with E-state index in [2.05, 4.69) is 5.32 Å². The maximum atomic E-state index is 12.7. The number of carbonyl (C=O) groups is 1. The molecule has 2 aromatic carbocycles. The number of para-hydroxylation sites is 2. The van der Waals surface area contributed by atoms with E-state index in [0.717, 1.165) is 23.8 Å². The number of sulfonamides is 1. The van der Waals surface area contributed by atoms with Crippen LogP contribution < -0.4 is 9.62 Å². The molecule has 6 heteroatoms. The Morgan fingerprint density at radius 3 is 2.22 bits per heavy atom. The predicted molar refractivity (Wildman–Crippen MR) is 112 cm³/mol. The number of benzene rings is 2. The first-order chi connectivity index (χ1) is 12.5. The number of hydrogen-bond acceptors (Lipinski definition) is 3. The second kappa shape index (κ2) is 8.13. The van der Waals surface area contributed by atoms with Gasteiger partial charge in [0, 0.05) is 5.69 Å². The Balaban J connectivity index is 2.36. The molecule has 146 valence electrons. The van der Waals surface area contributed by atoms with Crippen LogP contribution in [0, 0.1) is 0 Å². The first kappa shape index (κ1) is 21.0. The van der Waals surface area contributed by atoms with Gasteiger partial charge >= 0.3 is 0 Å². The van der Waals surface area contributed by atoms with Crippen molar-refractivity contribution in [3.8, 4) is 0 Å². The number of nitrogens with zero attached hydrogens (tertiary/aromatic N) is 1. The van der Waals surface area contributed by atoms with Crippen molar-refractivity contribution in [3.63, 3.8) is 0 Å². The van der Waals surface area contributed by atoms with Crippen molar-refractivity contribution >= 4 is 27.3 Å². The normalized spacial score (nSPS) is 11.9. The van der Waals surface area contributed by atoms with Crippen molar-refractivity contribution in [2.45, 2.75) is 39.5 Å². The quantitative estimate of drug-likeness (QED) is 0.815. The summed E-state index contributed by atoms with van der Waals surface area (Å²) < 4.78 is 26.1. The van der Waals surface area contributed by atoms with Gasteiger partial charge in [0.2, 0.25) is 15.9 Å². The second-order valence-corrected chi connectivity index (χ2v) is 9.50. The molecule has 0 saturated heterocycles. The molecular formula is C21H28N2O3S. The lowest BCUT2D eigenvalue weighted by Crippen LogP contribution is -2.38. The monoisotopic (exact) mass is 388 g/mol. The fraction of sp³-hybridized carbons (Fsp3) is 0.381. The predicted octanol–water partition coefficient (Wildman–Crippen LogP) is 3.95. The van der Waals surface area contributed by atoms with Gasteiger partial charge in [0.15, 0.2) is 0 Å². The van der Waals surface area contributed by atoms with Crippen LogP contribution in [0.1, 0.15) is 38.8 Å². The van der Waals surface area contributed by atoms with Gasteiger partial charge < -0.3 is 5.32 Å². The van der Waals surface area contributed by atoms with Crippen LogP contribution in [0.5, 0.6) is 0 Å². The average Bonchev–Trinajstić information content (AvgIpc) is 2.58. The van der Waals surface area contributed by atoms with Gasteiger partial charge in [-0.3, -0.25) is 9.10 Å². The molecule has 0 saturated carbocycles. The van der Waals surface area contributed by atoms with Crippen molar-refractivity contribution in [1.82, 2.24) is 0 Å². The molecule has 0 aliphatic rings. The highest BCUT2D eigenvalue weighted by atomic mass is 32.2. The summed E-state index contributed by atoms with van der Waals surface area (Å²) in [4.78, 5) is 12.7. The van der Waals surface area contributed by atoms with Crippen LogP contribution in [-0.4, -0.2) is 27.1 Å². The molecule has 5 nitrogen and oxygen atoms in total. The zero-order valence-corrected chi connectivity index (χ0v) is 17.4. The van der Waals surface area contributed by atoms with Gasteiger partial charge in [0.1, 0.15) is 6.54 Å². The van der Waals surface area contributed by atoms with Crippen molar-refractivity contribution in [3.05, 3.63) is 59.7 Å². The van der Waals surface area contributed by atoms with Crippen LogP contribution in [0.2, 0.25) is 0 Å². The van der Waals surface area contributed by atoms with Crippen LogP contribution in [0.15, 0.2) is 48.5 Å². The van der Waals surface area contributed by atoms with E-state index in [1.165, 1.54) is 4.31 Å². The lowest BCUT2D eigenvalue weighted by molar-refractivity contribution is -0.114. The van der Waals surface area contributed by atoms with E-state index in [1.807, 2.05) is 64.1 Å². The molecule has 0 fully saturated rings. The Labute approximate surface area is 162 Å². The van der Waals surface area contributed by atoms with Crippen LogP contribution in [0.4, 0.5) is 11.4 Å². The van der Waals surface area contributed by atoms with E-state index in [4.69, 9.17) is 0 Å². The first-order valence-electron chi connectivity index (χ1n) is 8.99. The van der Waals surface area contributed by atoms with E-state index < -0.39 is 10.0 Å². The van der Waals surface area contributed by atoms with E-state index in [1.54, 1.807) is 12.1 Å². The van der Waals surface area contributed by atoms with E-state index in [9.17, 15) is 13.2 Å². The molecule has 2 aromatic rings. The van der Waals surface area contributed by atoms with Crippen LogP contribution >= 0.6 is 0 Å². The third-order valence-corrected chi connectivity index (χ3v) is 5.47. The molecule has 0 aromatic heterocycles. The molecule has 0 heterocycles. The largest absolute Gasteiger partial charge is 0.324 e. The van der Waals surface area contributed by atoms with E-state index in [0.29, 0.717) is 11.4 Å². The summed E-state index contributed by atoms with van der Waals surface area (Å²) in [5, 5.41) is 2.85. The Hall–Kier alpha value is -2.34. The molecule has 0 radical (unpaired) electrons. The third kappa shape index (κ3) is 5.32. The Kier molecular flexibility index (Phi) is 6.31. The summed E-state index contributed by atoms with van der Waals surface area (Å²) >= 11 is 0. The van der Waals surface area contributed by atoms with Crippen LogP contribution in [0.25, 0.3) is 0 Å². The summed E-state index contributed by atoms with van der Waals surface area (Å²) in [6, 6.07) is 14.8. The second-order valence-electron chi connectivity index (χ2n) is 7.60. The standard InChI is InChI=1S/C21H28N2O3S/c1-6-16-11-7-9-13-18(16)22-20(24)15-23(27(5,25)26)19-14-10-8-12-17(19)21(2,3)4/h7-14H,6,15H2,1-5H3,(H,22,24). The summed E-state index contributed by atoms with van der Waals surface area (Å²) in [5.41, 5.74) is 2.86. The smallest absolute Gasteiger partial charge is 0.245 e. The summed E-state index contributed by atoms with van der Waals surface area (Å²) in [6.45, 7) is 7.79. The molecule has 0 bridgehead atoms. The molecule has 2 rings (SSSR count). The minimum absolute atomic E-state index is 0.259. The van der Waals surface area contributed by atoms with Gasteiger partial charge in [-0.25, -0.2) is 8.42 Å². The average molecular weight is 389 g/mol. The van der Waals surface area contributed by atoms with Gasteiger partial charge in [-0.05, 0) is 35.1 Å². The number of amides is 1. The number of rotatable bonds is 6. The fourth-order valence-electron chi connectivity index (χ4n) is 2.98. The molecule has 1 N–H and O–H groups in total. The number of nitrogens with one attached hydrogen (secondary N) is 1. The lowest BCUT2D eigenvalue weighted by Gasteiger charge is -2.29. The van der Waals surface area contributed by atoms with Gasteiger partial charge in [-0.2, -0.15) is 0 Å². The van der Waals surface area contributed by atoms with Crippen LogP contribution in [0.3, 0.4) is 0 Å². The minimum Gasteiger partial charge on any atom is -0.324 e. The number of hydrogen-bond donors (Lipinski definition) is 1. The third-order valence-electron chi connectivity index (χ3n) is 4.34. The highest BCUT2D eigenvalue weighted by Gasteiger charge is 2.27. The fourth-order valence-corrected chi connectivity index (χ4v) is 3.85. The number of aryl methyl sites for hydroxylation is 1.